The molecule has 0 atom stereocenters. The highest BCUT2D eigenvalue weighted by Crippen LogP contribution is 2.17. The van der Waals surface area contributed by atoms with Crippen molar-refractivity contribution in [3.05, 3.63) is 28.0 Å². The molecule has 0 radical (unpaired) electrons. The molecule has 18 heavy (non-hydrogen) atoms. The Morgan fingerprint density at radius 3 is 2.56 bits per heavy atom. The first-order valence-corrected chi connectivity index (χ1v) is 6.45. The number of ether oxygens (including phenoxy) is 3. The summed E-state index contributed by atoms with van der Waals surface area (Å²) >= 11 is 11.6. The Labute approximate surface area is 117 Å². The third kappa shape index (κ3) is 6.52. The van der Waals surface area contributed by atoms with Crippen LogP contribution >= 0.6 is 23.2 Å². The minimum absolute atomic E-state index is 0.385. The Balaban J connectivity index is 2.07. The molecule has 0 fully saturated rings. The maximum atomic E-state index is 5.91. The number of pyridine rings is 1. The minimum Gasteiger partial charge on any atom is -0.382 e. The predicted molar refractivity (Wildman–Crippen MR) is 71.2 cm³/mol. The lowest BCUT2D eigenvalue weighted by Gasteiger charge is -2.06. The maximum Gasteiger partial charge on any atom is 0.136 e. The average molecular weight is 294 g/mol. The van der Waals surface area contributed by atoms with Gasteiger partial charge in [-0.2, -0.15) is 0 Å². The van der Waals surface area contributed by atoms with Gasteiger partial charge < -0.3 is 14.2 Å². The molecule has 0 aromatic carbocycles. The van der Waals surface area contributed by atoms with Crippen LogP contribution in [0.4, 0.5) is 0 Å². The molecule has 1 heterocycles. The zero-order chi connectivity index (χ0) is 13.2. The van der Waals surface area contributed by atoms with Crippen LogP contribution in [0.25, 0.3) is 0 Å². The Morgan fingerprint density at radius 1 is 1.06 bits per heavy atom. The van der Waals surface area contributed by atoms with Crippen molar-refractivity contribution in [3.8, 4) is 0 Å². The zero-order valence-corrected chi connectivity index (χ0v) is 11.8. The Hall–Kier alpha value is -0.390. The standard InChI is InChI=1S/C12H17Cl2NO3/c1-16-7-8-17-5-2-6-18-9-10-3-4-11(13)15-12(10)14/h3-4H,2,5-9H2,1H3. The van der Waals surface area contributed by atoms with Crippen molar-refractivity contribution in [3.63, 3.8) is 0 Å². The normalized spacial score (nSPS) is 10.8. The number of nitrogens with zero attached hydrogens (tertiary/aromatic N) is 1. The quantitative estimate of drug-likeness (QED) is 0.518. The van der Waals surface area contributed by atoms with E-state index in [1.54, 1.807) is 13.2 Å². The predicted octanol–water partition coefficient (Wildman–Crippen LogP) is 2.96. The lowest BCUT2D eigenvalue weighted by molar-refractivity contribution is 0.0483. The van der Waals surface area contributed by atoms with Gasteiger partial charge in [-0.25, -0.2) is 4.98 Å². The molecule has 1 rings (SSSR count). The first kappa shape index (κ1) is 15.7. The van der Waals surface area contributed by atoms with Crippen molar-refractivity contribution in [2.24, 2.45) is 0 Å². The molecule has 1 aromatic rings. The van der Waals surface area contributed by atoms with Crippen molar-refractivity contribution in [2.45, 2.75) is 13.0 Å². The lowest BCUT2D eigenvalue weighted by atomic mass is 10.3. The summed E-state index contributed by atoms with van der Waals surface area (Å²) in [4.78, 5) is 3.93. The Kier molecular flexibility index (Phi) is 8.29. The summed E-state index contributed by atoms with van der Waals surface area (Å²) in [6.07, 6.45) is 0.836. The second-order valence-electron chi connectivity index (χ2n) is 3.60. The number of hydrogen-bond acceptors (Lipinski definition) is 4. The third-order valence-corrected chi connectivity index (χ3v) is 2.70. The number of hydrogen-bond donors (Lipinski definition) is 0. The van der Waals surface area contributed by atoms with Crippen LogP contribution in [-0.2, 0) is 20.8 Å². The molecule has 0 amide bonds. The monoisotopic (exact) mass is 293 g/mol. The van der Waals surface area contributed by atoms with Gasteiger partial charge in [-0.15, -0.1) is 0 Å². The molecular weight excluding hydrogens is 277 g/mol. The van der Waals surface area contributed by atoms with Crippen molar-refractivity contribution < 1.29 is 14.2 Å². The second-order valence-corrected chi connectivity index (χ2v) is 4.34. The molecule has 0 aliphatic rings. The highest BCUT2D eigenvalue weighted by atomic mass is 35.5. The van der Waals surface area contributed by atoms with E-state index in [0.29, 0.717) is 43.3 Å². The van der Waals surface area contributed by atoms with Gasteiger partial charge >= 0.3 is 0 Å². The molecule has 0 spiro atoms. The summed E-state index contributed by atoms with van der Waals surface area (Å²) in [6.45, 7) is 2.94. The van der Waals surface area contributed by atoms with E-state index in [2.05, 4.69) is 4.98 Å². The van der Waals surface area contributed by atoms with E-state index in [4.69, 9.17) is 37.4 Å². The third-order valence-electron chi connectivity index (χ3n) is 2.16. The van der Waals surface area contributed by atoms with Crippen LogP contribution in [0, 0.1) is 0 Å². The number of halogens is 2. The molecule has 102 valence electrons. The van der Waals surface area contributed by atoms with Crippen LogP contribution in [0.5, 0.6) is 0 Å². The highest BCUT2D eigenvalue weighted by Gasteiger charge is 2.02. The topological polar surface area (TPSA) is 40.6 Å². The molecule has 0 N–H and O–H groups in total. The van der Waals surface area contributed by atoms with Gasteiger partial charge in [-0.05, 0) is 12.5 Å². The van der Waals surface area contributed by atoms with E-state index < -0.39 is 0 Å². The summed E-state index contributed by atoms with van der Waals surface area (Å²) in [7, 11) is 1.65. The van der Waals surface area contributed by atoms with Crippen molar-refractivity contribution in [2.75, 3.05) is 33.5 Å². The summed E-state index contributed by atoms with van der Waals surface area (Å²) < 4.78 is 15.6. The molecule has 4 nitrogen and oxygen atoms in total. The molecule has 0 aliphatic carbocycles. The van der Waals surface area contributed by atoms with Gasteiger partial charge in [0.2, 0.25) is 0 Å². The van der Waals surface area contributed by atoms with Gasteiger partial charge in [0, 0.05) is 25.9 Å². The molecule has 0 bridgehead atoms. The fraction of sp³-hybridized carbons (Fsp3) is 0.583. The Bertz CT molecular complexity index is 350. The zero-order valence-electron chi connectivity index (χ0n) is 10.3. The van der Waals surface area contributed by atoms with Crippen molar-refractivity contribution in [1.29, 1.82) is 0 Å². The smallest absolute Gasteiger partial charge is 0.136 e. The number of aromatic nitrogens is 1. The fourth-order valence-corrected chi connectivity index (χ4v) is 1.64. The molecule has 0 saturated heterocycles. The summed E-state index contributed by atoms with van der Waals surface area (Å²) in [5.41, 5.74) is 0.835. The van der Waals surface area contributed by atoms with E-state index in [1.807, 2.05) is 6.07 Å². The number of methoxy groups -OCH3 is 1. The van der Waals surface area contributed by atoms with Gasteiger partial charge in [0.1, 0.15) is 10.3 Å². The van der Waals surface area contributed by atoms with Gasteiger partial charge in [-0.1, -0.05) is 29.3 Å². The molecule has 0 unspecified atom stereocenters. The maximum absolute atomic E-state index is 5.91. The van der Waals surface area contributed by atoms with E-state index in [1.165, 1.54) is 0 Å². The van der Waals surface area contributed by atoms with Crippen LogP contribution in [-0.4, -0.2) is 38.5 Å². The number of rotatable bonds is 9. The SMILES string of the molecule is COCCOCCCOCc1ccc(Cl)nc1Cl. The summed E-state index contributed by atoms with van der Waals surface area (Å²) in [5.74, 6) is 0. The van der Waals surface area contributed by atoms with Gasteiger partial charge in [0.15, 0.2) is 0 Å². The highest BCUT2D eigenvalue weighted by molar-refractivity contribution is 6.32. The van der Waals surface area contributed by atoms with E-state index in [0.717, 1.165) is 12.0 Å². The molecule has 0 aliphatic heterocycles. The molecule has 1 aromatic heterocycles. The first-order valence-electron chi connectivity index (χ1n) is 5.69. The van der Waals surface area contributed by atoms with E-state index in [-0.39, 0.29) is 0 Å². The van der Waals surface area contributed by atoms with Crippen molar-refractivity contribution in [1.82, 2.24) is 4.98 Å². The van der Waals surface area contributed by atoms with Gasteiger partial charge in [-0.3, -0.25) is 0 Å². The molecule has 0 saturated carbocycles. The van der Waals surface area contributed by atoms with Crippen LogP contribution in [0.15, 0.2) is 12.1 Å². The molecule has 6 heteroatoms. The summed E-state index contributed by atoms with van der Waals surface area (Å²) in [6, 6.07) is 3.51. The van der Waals surface area contributed by atoms with Crippen LogP contribution in [0.2, 0.25) is 10.3 Å². The van der Waals surface area contributed by atoms with Gasteiger partial charge in [0.05, 0.1) is 19.8 Å². The lowest BCUT2D eigenvalue weighted by Crippen LogP contribution is -2.05. The largest absolute Gasteiger partial charge is 0.382 e. The minimum atomic E-state index is 0.385. The van der Waals surface area contributed by atoms with Crippen LogP contribution in [0.3, 0.4) is 0 Å². The van der Waals surface area contributed by atoms with Crippen LogP contribution < -0.4 is 0 Å². The average Bonchev–Trinajstić information content (AvgIpc) is 2.35. The first-order chi connectivity index (χ1) is 8.74. The Morgan fingerprint density at radius 2 is 1.83 bits per heavy atom. The van der Waals surface area contributed by atoms with Crippen LogP contribution in [0.1, 0.15) is 12.0 Å². The summed E-state index contributed by atoms with van der Waals surface area (Å²) in [5, 5.41) is 0.772. The fourth-order valence-electron chi connectivity index (χ4n) is 1.24. The second kappa shape index (κ2) is 9.53. The van der Waals surface area contributed by atoms with E-state index in [9.17, 15) is 0 Å². The van der Waals surface area contributed by atoms with E-state index >= 15 is 0 Å². The molecular formula is C12H17Cl2NO3. The van der Waals surface area contributed by atoms with Gasteiger partial charge in [0.25, 0.3) is 0 Å². The van der Waals surface area contributed by atoms with Crippen molar-refractivity contribution >= 4 is 23.2 Å².